The summed E-state index contributed by atoms with van der Waals surface area (Å²) in [6, 6.07) is 0. The molecule has 1 aliphatic rings. The van der Waals surface area contributed by atoms with Crippen molar-refractivity contribution in [2.45, 2.75) is 39.7 Å². The molecule has 2 N–H and O–H groups in total. The van der Waals surface area contributed by atoms with Crippen LogP contribution in [0.25, 0.3) is 0 Å². The molecule has 4 nitrogen and oxygen atoms in total. The van der Waals surface area contributed by atoms with E-state index in [4.69, 9.17) is 0 Å². The van der Waals surface area contributed by atoms with Gasteiger partial charge in [-0.1, -0.05) is 20.8 Å². The van der Waals surface area contributed by atoms with Crippen molar-refractivity contribution in [2.24, 2.45) is 11.3 Å². The first-order valence-electron chi connectivity index (χ1n) is 5.28. The molecule has 0 aliphatic heterocycles. The molecule has 86 valence electrons. The van der Waals surface area contributed by atoms with Crippen LogP contribution in [0.1, 0.15) is 33.6 Å². The molecule has 4 heteroatoms. The molecule has 1 aliphatic carbocycles. The van der Waals surface area contributed by atoms with E-state index in [-0.39, 0.29) is 29.6 Å². The fraction of sp³-hybridized carbons (Fsp3) is 0.818. The summed E-state index contributed by atoms with van der Waals surface area (Å²) in [5.74, 6) is -0.130. The van der Waals surface area contributed by atoms with Crippen LogP contribution in [-0.2, 0) is 9.59 Å². The van der Waals surface area contributed by atoms with Crippen molar-refractivity contribution in [2.75, 3.05) is 6.54 Å². The minimum Gasteiger partial charge on any atom is -0.391 e. The Morgan fingerprint density at radius 1 is 1.53 bits per heavy atom. The highest BCUT2D eigenvalue weighted by Gasteiger charge is 2.33. The van der Waals surface area contributed by atoms with E-state index in [2.05, 4.69) is 5.32 Å². The van der Waals surface area contributed by atoms with Crippen molar-refractivity contribution in [3.63, 3.8) is 0 Å². The van der Waals surface area contributed by atoms with E-state index in [1.807, 2.05) is 20.8 Å². The second-order valence-corrected chi connectivity index (χ2v) is 5.27. The van der Waals surface area contributed by atoms with Gasteiger partial charge in [-0.3, -0.25) is 9.59 Å². The first kappa shape index (κ1) is 12.2. The number of aliphatic hydroxyl groups excluding tert-OH is 1. The van der Waals surface area contributed by atoms with Crippen molar-refractivity contribution in [1.29, 1.82) is 0 Å². The first-order chi connectivity index (χ1) is 6.80. The summed E-state index contributed by atoms with van der Waals surface area (Å²) in [5, 5.41) is 12.3. The molecule has 0 bridgehead atoms. The fourth-order valence-electron chi connectivity index (χ4n) is 1.32. The molecular weight excluding hydrogens is 194 g/mol. The Kier molecular flexibility index (Phi) is 3.50. The van der Waals surface area contributed by atoms with Gasteiger partial charge >= 0.3 is 0 Å². The summed E-state index contributed by atoms with van der Waals surface area (Å²) in [6.07, 6.45) is 0.159. The van der Waals surface area contributed by atoms with Crippen LogP contribution in [0, 0.1) is 11.3 Å². The minimum atomic E-state index is -0.558. The third-order valence-electron chi connectivity index (χ3n) is 2.79. The predicted molar refractivity (Wildman–Crippen MR) is 56.2 cm³/mol. The second-order valence-electron chi connectivity index (χ2n) is 5.27. The van der Waals surface area contributed by atoms with Crippen LogP contribution in [0.3, 0.4) is 0 Å². The Hall–Kier alpha value is -0.900. The molecule has 0 spiro atoms. The van der Waals surface area contributed by atoms with Crippen LogP contribution in [0.15, 0.2) is 0 Å². The Morgan fingerprint density at radius 2 is 2.07 bits per heavy atom. The van der Waals surface area contributed by atoms with Gasteiger partial charge in [0, 0.05) is 19.4 Å². The average Bonchev–Trinajstić information content (AvgIpc) is 2.06. The predicted octanol–water partition coefficient (Wildman–Crippen LogP) is 0.489. The molecule has 1 unspecified atom stereocenters. The largest absolute Gasteiger partial charge is 0.391 e. The van der Waals surface area contributed by atoms with E-state index >= 15 is 0 Å². The molecule has 0 heterocycles. The van der Waals surface area contributed by atoms with Crippen LogP contribution >= 0.6 is 0 Å². The summed E-state index contributed by atoms with van der Waals surface area (Å²) in [6.45, 7) is 6.00. The van der Waals surface area contributed by atoms with Crippen LogP contribution in [0.2, 0.25) is 0 Å². The van der Waals surface area contributed by atoms with Gasteiger partial charge in [0.1, 0.15) is 5.78 Å². The van der Waals surface area contributed by atoms with Gasteiger partial charge in [0.15, 0.2) is 0 Å². The Bertz CT molecular complexity index is 259. The van der Waals surface area contributed by atoms with Crippen molar-refractivity contribution < 1.29 is 14.7 Å². The maximum absolute atomic E-state index is 11.4. The van der Waals surface area contributed by atoms with Gasteiger partial charge in [-0.25, -0.2) is 0 Å². The Morgan fingerprint density at radius 3 is 2.47 bits per heavy atom. The number of carbonyl (C=O) groups excluding carboxylic acids is 2. The normalized spacial score (nSPS) is 19.6. The lowest BCUT2D eigenvalue weighted by molar-refractivity contribution is -0.138. The van der Waals surface area contributed by atoms with Gasteiger partial charge in [-0.2, -0.15) is 0 Å². The number of ketones is 1. The SMILES string of the molecule is CC(C)(C)C(O)CNC(=O)C1CC(=O)C1. The van der Waals surface area contributed by atoms with Gasteiger partial charge in [0.25, 0.3) is 0 Å². The minimum absolute atomic E-state index is 0.113. The molecule has 0 radical (unpaired) electrons. The number of rotatable bonds is 3. The highest BCUT2D eigenvalue weighted by molar-refractivity contribution is 5.96. The molecule has 1 atom stereocenters. The molecule has 1 fully saturated rings. The average molecular weight is 213 g/mol. The molecule has 1 amide bonds. The van der Waals surface area contributed by atoms with E-state index in [1.165, 1.54) is 0 Å². The van der Waals surface area contributed by atoms with Crippen molar-refractivity contribution in [1.82, 2.24) is 5.32 Å². The van der Waals surface area contributed by atoms with E-state index < -0.39 is 6.10 Å². The van der Waals surface area contributed by atoms with Crippen molar-refractivity contribution in [3.8, 4) is 0 Å². The van der Waals surface area contributed by atoms with E-state index in [0.29, 0.717) is 12.8 Å². The molecule has 15 heavy (non-hydrogen) atoms. The third kappa shape index (κ3) is 3.30. The van der Waals surface area contributed by atoms with Crippen LogP contribution in [-0.4, -0.2) is 29.4 Å². The zero-order chi connectivity index (χ0) is 11.6. The third-order valence-corrected chi connectivity index (χ3v) is 2.79. The monoisotopic (exact) mass is 213 g/mol. The maximum atomic E-state index is 11.4. The number of aliphatic hydroxyl groups is 1. The molecule has 1 rings (SSSR count). The van der Waals surface area contributed by atoms with Crippen LogP contribution in [0.5, 0.6) is 0 Å². The molecule has 1 saturated carbocycles. The Labute approximate surface area is 90.0 Å². The summed E-state index contributed by atoms with van der Waals surface area (Å²) in [7, 11) is 0. The zero-order valence-corrected chi connectivity index (χ0v) is 9.54. The topological polar surface area (TPSA) is 66.4 Å². The molecule has 0 aromatic carbocycles. The summed E-state index contributed by atoms with van der Waals surface area (Å²) >= 11 is 0. The summed E-state index contributed by atoms with van der Waals surface area (Å²) < 4.78 is 0. The number of amides is 1. The smallest absolute Gasteiger partial charge is 0.224 e. The summed E-state index contributed by atoms with van der Waals surface area (Å²) in [4.78, 5) is 22.1. The maximum Gasteiger partial charge on any atom is 0.224 e. The van der Waals surface area contributed by atoms with E-state index in [0.717, 1.165) is 0 Å². The quantitative estimate of drug-likeness (QED) is 0.717. The number of hydrogen-bond donors (Lipinski definition) is 2. The number of hydrogen-bond acceptors (Lipinski definition) is 3. The standard InChI is InChI=1S/C11H19NO3/c1-11(2,3)9(14)6-12-10(15)7-4-8(13)5-7/h7,9,14H,4-6H2,1-3H3,(H,12,15). The van der Waals surface area contributed by atoms with Gasteiger partial charge < -0.3 is 10.4 Å². The second kappa shape index (κ2) is 4.31. The molecule has 0 aromatic heterocycles. The highest BCUT2D eigenvalue weighted by Crippen LogP contribution is 2.23. The van der Waals surface area contributed by atoms with Gasteiger partial charge in [-0.05, 0) is 5.41 Å². The molecular formula is C11H19NO3. The van der Waals surface area contributed by atoms with Gasteiger partial charge in [0.2, 0.25) is 5.91 Å². The lowest BCUT2D eigenvalue weighted by Gasteiger charge is -2.28. The fourth-order valence-corrected chi connectivity index (χ4v) is 1.32. The van der Waals surface area contributed by atoms with Crippen LogP contribution in [0.4, 0.5) is 0 Å². The highest BCUT2D eigenvalue weighted by atomic mass is 16.3. The molecule has 0 saturated heterocycles. The molecule has 0 aromatic rings. The van der Waals surface area contributed by atoms with Crippen molar-refractivity contribution >= 4 is 11.7 Å². The first-order valence-corrected chi connectivity index (χ1v) is 5.28. The summed E-state index contributed by atoms with van der Waals surface area (Å²) in [5.41, 5.74) is -0.233. The van der Waals surface area contributed by atoms with Gasteiger partial charge in [-0.15, -0.1) is 0 Å². The lowest BCUT2D eigenvalue weighted by Crippen LogP contribution is -2.44. The van der Waals surface area contributed by atoms with E-state index in [1.54, 1.807) is 0 Å². The number of carbonyl (C=O) groups is 2. The zero-order valence-electron chi connectivity index (χ0n) is 9.54. The lowest BCUT2D eigenvalue weighted by atomic mass is 9.83. The Balaban J connectivity index is 2.25. The number of Topliss-reactive ketones (excluding diaryl/α,β-unsaturated/α-hetero) is 1. The van der Waals surface area contributed by atoms with Gasteiger partial charge in [0.05, 0.1) is 12.0 Å². The number of nitrogens with one attached hydrogen (secondary N) is 1. The van der Waals surface area contributed by atoms with Crippen LogP contribution < -0.4 is 5.32 Å². The van der Waals surface area contributed by atoms with Crippen molar-refractivity contribution in [3.05, 3.63) is 0 Å². The van der Waals surface area contributed by atoms with E-state index in [9.17, 15) is 14.7 Å².